The van der Waals surface area contributed by atoms with Gasteiger partial charge >= 0.3 is 0 Å². The monoisotopic (exact) mass is 937 g/mol. The van der Waals surface area contributed by atoms with Gasteiger partial charge in [-0.05, 0) is 117 Å². The third kappa shape index (κ3) is 10.6. The molecule has 16 heteroatoms. The summed E-state index contributed by atoms with van der Waals surface area (Å²) in [4.78, 5) is 68.5. The number of aromatic nitrogens is 2. The molecule has 5 aliphatic rings. The van der Waals surface area contributed by atoms with E-state index in [1.807, 2.05) is 47.2 Å². The molecular weight excluding hydrogens is 874 g/mol. The Morgan fingerprint density at radius 1 is 0.955 bits per heavy atom. The van der Waals surface area contributed by atoms with Gasteiger partial charge in [0.05, 0.1) is 28.8 Å². The quantitative estimate of drug-likeness (QED) is 0.121. The van der Waals surface area contributed by atoms with Crippen LogP contribution >= 0.6 is 11.3 Å². The highest BCUT2D eigenvalue weighted by Crippen LogP contribution is 2.42. The standard InChI is InChI=1S/C51H64FN7O7S/c1-32-29-57(50(62)41(27-45(60)33(2)53-3)34-8-5-4-6-9-34)21-22-58(32)51(63)43-25-35-24-36(52)11-12-40(35)42(43)28-48(61)59-18-7-10-37(59)31-64-47-26-39(66-55-47)30-56-19-14-38(15-20-56)65-46-13-17-54-44-16-23-67-49(44)46/h11-13,16-17,23-26,32-34,37-38,41-42,53H,4-10,14-15,18-22,27-31H2,1-3H3/t32-,33-,37-,41-,42?/m0/s1. The molecule has 9 rings (SSSR count). The molecule has 3 aromatic heterocycles. The number of Topliss-reactive ketones (excluding diaryl/α,β-unsaturated/α-hetero) is 1. The predicted molar refractivity (Wildman–Crippen MR) is 253 cm³/mol. The molecule has 1 unspecified atom stereocenters. The number of amides is 3. The molecule has 67 heavy (non-hydrogen) atoms. The fourth-order valence-corrected chi connectivity index (χ4v) is 11.8. The van der Waals surface area contributed by atoms with E-state index >= 15 is 0 Å². The third-order valence-corrected chi connectivity index (χ3v) is 15.9. The van der Waals surface area contributed by atoms with Crippen molar-refractivity contribution >= 4 is 51.1 Å². The first-order valence-corrected chi connectivity index (χ1v) is 25.3. The van der Waals surface area contributed by atoms with E-state index in [1.165, 1.54) is 12.1 Å². The molecule has 0 bridgehead atoms. The number of hydrogen-bond donors (Lipinski definition) is 1. The Labute approximate surface area is 396 Å². The van der Waals surface area contributed by atoms with Gasteiger partial charge in [-0.1, -0.05) is 25.3 Å². The molecule has 14 nitrogen and oxygen atoms in total. The third-order valence-electron chi connectivity index (χ3n) is 15.0. The fraction of sp³-hybridized carbons (Fsp3) is 0.569. The molecule has 1 saturated carbocycles. The molecule has 3 amide bonds. The van der Waals surface area contributed by atoms with Crippen molar-refractivity contribution in [3.63, 3.8) is 0 Å². The summed E-state index contributed by atoms with van der Waals surface area (Å²) in [6, 6.07) is 9.47. The van der Waals surface area contributed by atoms with Gasteiger partial charge in [-0.2, -0.15) is 0 Å². The van der Waals surface area contributed by atoms with Crippen molar-refractivity contribution in [2.75, 3.05) is 52.9 Å². The van der Waals surface area contributed by atoms with Crippen LogP contribution in [0.4, 0.5) is 4.39 Å². The maximum Gasteiger partial charge on any atom is 0.254 e. The van der Waals surface area contributed by atoms with Crippen LogP contribution in [0.15, 0.2) is 58.1 Å². The Bertz CT molecular complexity index is 2440. The zero-order valence-corrected chi connectivity index (χ0v) is 39.8. The number of carbonyl (C=O) groups excluding carboxylic acids is 4. The number of ketones is 1. The largest absolute Gasteiger partial charge is 0.489 e. The van der Waals surface area contributed by atoms with Crippen molar-refractivity contribution in [3.8, 4) is 11.6 Å². The summed E-state index contributed by atoms with van der Waals surface area (Å²) in [7, 11) is 1.76. The second-order valence-corrected chi connectivity index (χ2v) is 20.2. The number of thiophene rings is 1. The topological polar surface area (TPSA) is 151 Å². The van der Waals surface area contributed by atoms with Gasteiger partial charge in [0.25, 0.3) is 11.8 Å². The number of rotatable bonds is 16. The van der Waals surface area contributed by atoms with Crippen LogP contribution in [0.1, 0.15) is 107 Å². The summed E-state index contributed by atoms with van der Waals surface area (Å²) >= 11 is 1.65. The molecule has 4 aromatic rings. The molecule has 1 N–H and O–H groups in total. The first-order valence-electron chi connectivity index (χ1n) is 24.4. The Hall–Kier alpha value is -5.19. The number of hydrogen-bond acceptors (Lipinski definition) is 12. The lowest BCUT2D eigenvalue weighted by atomic mass is 9.76. The smallest absolute Gasteiger partial charge is 0.254 e. The lowest BCUT2D eigenvalue weighted by molar-refractivity contribution is -0.146. The second-order valence-electron chi connectivity index (χ2n) is 19.3. The van der Waals surface area contributed by atoms with Crippen LogP contribution in [-0.2, 0) is 25.7 Å². The second kappa shape index (κ2) is 21.0. The number of nitrogens with one attached hydrogen (secondary N) is 1. The average molecular weight is 938 g/mol. The van der Waals surface area contributed by atoms with Crippen LogP contribution < -0.4 is 14.8 Å². The van der Waals surface area contributed by atoms with E-state index in [0.29, 0.717) is 55.5 Å². The van der Waals surface area contributed by atoms with E-state index in [1.54, 1.807) is 41.6 Å². The lowest BCUT2D eigenvalue weighted by Gasteiger charge is -2.42. The summed E-state index contributed by atoms with van der Waals surface area (Å²) < 4.78 is 33.9. The summed E-state index contributed by atoms with van der Waals surface area (Å²) in [5, 5.41) is 9.26. The first-order chi connectivity index (χ1) is 32.5. The highest BCUT2D eigenvalue weighted by atomic mass is 32.1. The van der Waals surface area contributed by atoms with Gasteiger partial charge in [-0.3, -0.25) is 29.1 Å². The van der Waals surface area contributed by atoms with Gasteiger partial charge in [0.2, 0.25) is 11.8 Å². The van der Waals surface area contributed by atoms with Crippen molar-refractivity contribution in [1.82, 2.24) is 35.1 Å². The van der Waals surface area contributed by atoms with Gasteiger partial charge in [-0.25, -0.2) is 4.39 Å². The number of ether oxygens (including phenoxy) is 2. The molecular formula is C51H64FN7O7S. The van der Waals surface area contributed by atoms with Crippen LogP contribution in [0.5, 0.6) is 11.6 Å². The molecule has 1 aromatic carbocycles. The van der Waals surface area contributed by atoms with Gasteiger partial charge in [0, 0.05) is 87.8 Å². The van der Waals surface area contributed by atoms with Gasteiger partial charge in [-0.15, -0.1) is 11.3 Å². The lowest BCUT2D eigenvalue weighted by Crippen LogP contribution is -2.57. The Kier molecular flexibility index (Phi) is 14.7. The van der Waals surface area contributed by atoms with E-state index in [0.717, 1.165) is 92.4 Å². The highest BCUT2D eigenvalue weighted by Gasteiger charge is 2.42. The fourth-order valence-electron chi connectivity index (χ4n) is 11.0. The van der Waals surface area contributed by atoms with Crippen molar-refractivity contribution in [2.45, 2.75) is 121 Å². The number of nitrogens with zero attached hydrogens (tertiary/aromatic N) is 6. The summed E-state index contributed by atoms with van der Waals surface area (Å²) in [5.41, 5.74) is 2.77. The van der Waals surface area contributed by atoms with Gasteiger partial charge in [0.15, 0.2) is 5.76 Å². The molecule has 2 aliphatic carbocycles. The normalized spacial score (nSPS) is 22.7. The van der Waals surface area contributed by atoms with Crippen molar-refractivity contribution < 1.29 is 37.6 Å². The van der Waals surface area contributed by atoms with E-state index in [-0.39, 0.29) is 79.0 Å². The Balaban J connectivity index is 0.788. The minimum absolute atomic E-state index is 0.00168. The minimum Gasteiger partial charge on any atom is -0.489 e. The van der Waals surface area contributed by atoms with Gasteiger partial charge in [0.1, 0.15) is 30.1 Å². The number of pyridine rings is 1. The van der Waals surface area contributed by atoms with Crippen molar-refractivity contribution in [3.05, 3.63) is 76.3 Å². The van der Waals surface area contributed by atoms with E-state index in [2.05, 4.69) is 20.4 Å². The molecule has 3 saturated heterocycles. The molecule has 0 spiro atoms. The first kappa shape index (κ1) is 46.9. The number of benzene rings is 1. The van der Waals surface area contributed by atoms with Gasteiger partial charge < -0.3 is 34.0 Å². The number of carbonyl (C=O) groups is 4. The maximum absolute atomic E-state index is 14.6. The molecule has 6 heterocycles. The van der Waals surface area contributed by atoms with Crippen LogP contribution in [0.25, 0.3) is 16.3 Å². The van der Waals surface area contributed by atoms with Crippen molar-refractivity contribution in [1.29, 1.82) is 0 Å². The number of piperazine rings is 1. The van der Waals surface area contributed by atoms with E-state index in [4.69, 9.17) is 14.0 Å². The number of fused-ring (bicyclic) bond motifs is 2. The number of piperidine rings is 1. The maximum atomic E-state index is 14.6. The zero-order valence-electron chi connectivity index (χ0n) is 39.0. The Morgan fingerprint density at radius 3 is 2.57 bits per heavy atom. The summed E-state index contributed by atoms with van der Waals surface area (Å²) in [6.45, 7) is 7.97. The van der Waals surface area contributed by atoms with Crippen LogP contribution in [0, 0.1) is 17.7 Å². The molecule has 3 aliphatic heterocycles. The van der Waals surface area contributed by atoms with Crippen LogP contribution in [0.2, 0.25) is 0 Å². The van der Waals surface area contributed by atoms with Crippen LogP contribution in [0.3, 0.4) is 0 Å². The predicted octanol–water partition coefficient (Wildman–Crippen LogP) is 7.23. The van der Waals surface area contributed by atoms with E-state index in [9.17, 15) is 23.6 Å². The average Bonchev–Trinajstić information content (AvgIpc) is 4.18. The van der Waals surface area contributed by atoms with Crippen LogP contribution in [-0.4, -0.2) is 130 Å². The summed E-state index contributed by atoms with van der Waals surface area (Å²) in [6.07, 6.45) is 12.5. The molecule has 0 radical (unpaired) electrons. The summed E-state index contributed by atoms with van der Waals surface area (Å²) in [5.74, 6) is 0.562. The Morgan fingerprint density at radius 2 is 1.78 bits per heavy atom. The minimum atomic E-state index is -0.553. The number of likely N-dealkylation sites (N-methyl/N-ethyl adjacent to an activating group) is 1. The molecule has 5 atom stereocenters. The SMILES string of the molecule is CN[C@@H](C)C(=O)C[C@H](C(=O)N1CCN(C(=O)C2=Cc3cc(F)ccc3C2CC(=O)N2CCC[C@H]2COc2cc(CN3CCC(Oc4ccnc5ccsc45)CC3)on2)[C@@H](C)C1)C1CCCCC1. The molecule has 358 valence electrons. The molecule has 4 fully saturated rings. The highest BCUT2D eigenvalue weighted by molar-refractivity contribution is 7.17. The van der Waals surface area contributed by atoms with E-state index < -0.39 is 11.7 Å². The number of likely N-dealkylation sites (tertiary alicyclic amines) is 2. The number of halogens is 1. The van der Waals surface area contributed by atoms with Crippen molar-refractivity contribution in [2.24, 2.45) is 11.8 Å². The zero-order chi connectivity index (χ0) is 46.6.